The lowest BCUT2D eigenvalue weighted by atomic mass is 10.3. The average Bonchev–Trinajstić information content (AvgIpc) is 2.20. The highest BCUT2D eigenvalue weighted by Crippen LogP contribution is 2.15. The summed E-state index contributed by atoms with van der Waals surface area (Å²) in [7, 11) is 0. The van der Waals surface area contributed by atoms with Gasteiger partial charge in [0.25, 0.3) is 0 Å². The van der Waals surface area contributed by atoms with Crippen LogP contribution in [0.1, 0.15) is 0 Å². The van der Waals surface area contributed by atoms with Gasteiger partial charge in [-0.15, -0.1) is 11.8 Å². The fourth-order valence-electron chi connectivity index (χ4n) is 0.932. The number of carboxylic acid groups (broad SMARTS) is 1. The largest absolute Gasteiger partial charge is 0.490 e. The lowest BCUT2D eigenvalue weighted by Gasteiger charge is -2.05. The van der Waals surface area contributed by atoms with Crippen LogP contribution in [-0.4, -0.2) is 29.2 Å². The van der Waals surface area contributed by atoms with Crippen molar-refractivity contribution in [3.05, 3.63) is 30.1 Å². The van der Waals surface area contributed by atoms with Gasteiger partial charge in [0, 0.05) is 5.75 Å². The molecule has 15 heavy (non-hydrogen) atoms. The van der Waals surface area contributed by atoms with E-state index in [-0.39, 0.29) is 11.5 Å². The van der Waals surface area contributed by atoms with E-state index in [1.54, 1.807) is 12.1 Å². The molecule has 0 aliphatic carbocycles. The predicted octanol–water partition coefficient (Wildman–Crippen LogP) is 2.02. The maximum atomic E-state index is 13.0. The molecular weight excluding hydrogens is 219 g/mol. The van der Waals surface area contributed by atoms with Gasteiger partial charge in [0.15, 0.2) is 11.6 Å². The Labute approximate surface area is 91.2 Å². The monoisotopic (exact) mass is 230 g/mol. The first-order valence-electron chi connectivity index (χ1n) is 4.37. The Morgan fingerprint density at radius 2 is 2.20 bits per heavy atom. The molecule has 0 unspecified atom stereocenters. The van der Waals surface area contributed by atoms with Crippen molar-refractivity contribution in [3.8, 4) is 5.75 Å². The molecule has 0 aromatic heterocycles. The van der Waals surface area contributed by atoms with E-state index in [2.05, 4.69) is 0 Å². The number of carbonyl (C=O) groups is 1. The second-order valence-corrected chi connectivity index (χ2v) is 3.83. The van der Waals surface area contributed by atoms with Gasteiger partial charge in [-0.1, -0.05) is 12.1 Å². The number of halogens is 1. The zero-order valence-corrected chi connectivity index (χ0v) is 8.80. The molecule has 82 valence electrons. The SMILES string of the molecule is O=C(O)CSCCOc1ccccc1F. The maximum absolute atomic E-state index is 13.0. The highest BCUT2D eigenvalue weighted by atomic mass is 32.2. The molecule has 0 atom stereocenters. The summed E-state index contributed by atoms with van der Waals surface area (Å²) in [5, 5.41) is 8.35. The van der Waals surface area contributed by atoms with E-state index in [9.17, 15) is 9.18 Å². The molecule has 3 nitrogen and oxygen atoms in total. The lowest BCUT2D eigenvalue weighted by Crippen LogP contribution is -2.05. The minimum atomic E-state index is -0.856. The van der Waals surface area contributed by atoms with Crippen molar-refractivity contribution in [1.29, 1.82) is 0 Å². The van der Waals surface area contributed by atoms with E-state index >= 15 is 0 Å². The van der Waals surface area contributed by atoms with E-state index in [1.165, 1.54) is 23.9 Å². The van der Waals surface area contributed by atoms with Gasteiger partial charge in [-0.25, -0.2) is 4.39 Å². The van der Waals surface area contributed by atoms with E-state index in [0.29, 0.717) is 12.4 Å². The summed E-state index contributed by atoms with van der Waals surface area (Å²) in [5.41, 5.74) is 0. The molecule has 0 heterocycles. The van der Waals surface area contributed by atoms with Crippen LogP contribution in [-0.2, 0) is 4.79 Å². The van der Waals surface area contributed by atoms with Crippen LogP contribution in [0.3, 0.4) is 0 Å². The third kappa shape index (κ3) is 4.69. The van der Waals surface area contributed by atoms with Gasteiger partial charge in [-0.05, 0) is 12.1 Å². The number of aliphatic carboxylic acids is 1. The summed E-state index contributed by atoms with van der Waals surface area (Å²) in [5.74, 6) is -0.485. The first-order chi connectivity index (χ1) is 7.20. The van der Waals surface area contributed by atoms with Crippen molar-refractivity contribution in [3.63, 3.8) is 0 Å². The summed E-state index contributed by atoms with van der Waals surface area (Å²) in [6.45, 7) is 0.304. The third-order valence-electron chi connectivity index (χ3n) is 1.55. The Morgan fingerprint density at radius 3 is 2.87 bits per heavy atom. The normalized spacial score (nSPS) is 9.93. The molecule has 0 fully saturated rings. The van der Waals surface area contributed by atoms with Crippen LogP contribution in [0.5, 0.6) is 5.75 Å². The standard InChI is InChI=1S/C10H11FO3S/c11-8-3-1-2-4-9(8)14-5-6-15-7-10(12)13/h1-4H,5-7H2,(H,12,13). The minimum absolute atomic E-state index is 0.0423. The molecule has 0 saturated heterocycles. The van der Waals surface area contributed by atoms with Gasteiger partial charge < -0.3 is 9.84 Å². The van der Waals surface area contributed by atoms with Crippen LogP contribution in [0.15, 0.2) is 24.3 Å². The number of benzene rings is 1. The number of hydrogen-bond acceptors (Lipinski definition) is 3. The average molecular weight is 230 g/mol. The minimum Gasteiger partial charge on any atom is -0.490 e. The first-order valence-corrected chi connectivity index (χ1v) is 5.52. The summed E-state index contributed by atoms with van der Waals surface area (Å²) in [6.07, 6.45) is 0. The molecule has 0 spiro atoms. The predicted molar refractivity (Wildman–Crippen MR) is 56.9 cm³/mol. The molecular formula is C10H11FO3S. The van der Waals surface area contributed by atoms with Gasteiger partial charge in [-0.2, -0.15) is 0 Å². The molecule has 0 aliphatic heterocycles. The topological polar surface area (TPSA) is 46.5 Å². The summed E-state index contributed by atoms with van der Waals surface area (Å²) >= 11 is 1.24. The Bertz CT molecular complexity index is 330. The smallest absolute Gasteiger partial charge is 0.313 e. The van der Waals surface area contributed by atoms with E-state index in [0.717, 1.165) is 0 Å². The second kappa shape index (κ2) is 6.29. The molecule has 0 amide bonds. The van der Waals surface area contributed by atoms with E-state index < -0.39 is 11.8 Å². The fourth-order valence-corrected chi connectivity index (χ4v) is 1.45. The Balaban J connectivity index is 2.21. The Morgan fingerprint density at radius 1 is 1.47 bits per heavy atom. The third-order valence-corrected chi connectivity index (χ3v) is 2.45. The zero-order chi connectivity index (χ0) is 11.1. The van der Waals surface area contributed by atoms with Crippen molar-refractivity contribution in [1.82, 2.24) is 0 Å². The number of para-hydroxylation sites is 1. The van der Waals surface area contributed by atoms with Crippen molar-refractivity contribution >= 4 is 17.7 Å². The molecule has 1 aromatic carbocycles. The number of thioether (sulfide) groups is 1. The van der Waals surface area contributed by atoms with Crippen molar-refractivity contribution < 1.29 is 19.0 Å². The molecule has 0 radical (unpaired) electrons. The highest BCUT2D eigenvalue weighted by Gasteiger charge is 2.01. The van der Waals surface area contributed by atoms with Crippen LogP contribution in [0.2, 0.25) is 0 Å². The number of rotatable bonds is 6. The maximum Gasteiger partial charge on any atom is 0.313 e. The van der Waals surface area contributed by atoms with Crippen LogP contribution in [0.25, 0.3) is 0 Å². The molecule has 0 aliphatic rings. The molecule has 1 rings (SSSR count). The second-order valence-electron chi connectivity index (χ2n) is 2.73. The Hall–Kier alpha value is -1.23. The first kappa shape index (κ1) is 11.8. The summed E-state index contributed by atoms with van der Waals surface area (Å²) in [4.78, 5) is 10.2. The highest BCUT2D eigenvalue weighted by molar-refractivity contribution is 7.99. The van der Waals surface area contributed by atoms with E-state index in [1.807, 2.05) is 0 Å². The van der Waals surface area contributed by atoms with Crippen LogP contribution < -0.4 is 4.74 Å². The molecule has 5 heteroatoms. The molecule has 0 saturated carbocycles. The number of ether oxygens (including phenoxy) is 1. The van der Waals surface area contributed by atoms with Crippen molar-refractivity contribution in [2.45, 2.75) is 0 Å². The van der Waals surface area contributed by atoms with Gasteiger partial charge in [0.05, 0.1) is 12.4 Å². The fraction of sp³-hybridized carbons (Fsp3) is 0.300. The number of carboxylic acids is 1. The summed E-state index contributed by atoms with van der Waals surface area (Å²) < 4.78 is 18.1. The number of hydrogen-bond donors (Lipinski definition) is 1. The van der Waals surface area contributed by atoms with E-state index in [4.69, 9.17) is 9.84 Å². The molecule has 1 N–H and O–H groups in total. The van der Waals surface area contributed by atoms with Crippen LogP contribution in [0.4, 0.5) is 4.39 Å². The quantitative estimate of drug-likeness (QED) is 0.759. The lowest BCUT2D eigenvalue weighted by molar-refractivity contribution is -0.133. The van der Waals surface area contributed by atoms with Gasteiger partial charge >= 0.3 is 5.97 Å². The zero-order valence-electron chi connectivity index (χ0n) is 7.98. The molecule has 0 bridgehead atoms. The van der Waals surface area contributed by atoms with Gasteiger partial charge in [0.2, 0.25) is 0 Å². The van der Waals surface area contributed by atoms with Crippen molar-refractivity contribution in [2.24, 2.45) is 0 Å². The van der Waals surface area contributed by atoms with Crippen LogP contribution >= 0.6 is 11.8 Å². The summed E-state index contributed by atoms with van der Waals surface area (Å²) in [6, 6.07) is 6.13. The van der Waals surface area contributed by atoms with Gasteiger partial charge in [-0.3, -0.25) is 4.79 Å². The van der Waals surface area contributed by atoms with Crippen molar-refractivity contribution in [2.75, 3.05) is 18.1 Å². The Kier molecular flexibility index (Phi) is 4.97. The van der Waals surface area contributed by atoms with Crippen LogP contribution in [0, 0.1) is 5.82 Å². The molecule has 1 aromatic rings. The van der Waals surface area contributed by atoms with Gasteiger partial charge in [0.1, 0.15) is 0 Å².